The second kappa shape index (κ2) is 8.60. The van der Waals surface area contributed by atoms with Crippen LogP contribution in [0, 0.1) is 0 Å². The SMILES string of the molecule is CCOC(=O)c1cc(CC)sc1NC(=O)CN1CC(C)OC(C)C1. The van der Waals surface area contributed by atoms with E-state index in [1.54, 1.807) is 13.0 Å². The Hall–Kier alpha value is -1.44. The number of ether oxygens (including phenoxy) is 2. The summed E-state index contributed by atoms with van der Waals surface area (Å²) in [6, 6.07) is 1.80. The summed E-state index contributed by atoms with van der Waals surface area (Å²) in [5.74, 6) is -0.510. The zero-order chi connectivity index (χ0) is 17.7. The number of hydrogen-bond acceptors (Lipinski definition) is 6. The molecule has 0 spiro atoms. The predicted octanol–water partition coefficient (Wildman–Crippen LogP) is 2.53. The van der Waals surface area contributed by atoms with Gasteiger partial charge in [-0.25, -0.2) is 4.79 Å². The zero-order valence-corrected chi connectivity index (χ0v) is 15.6. The number of hydrogen-bond donors (Lipinski definition) is 1. The van der Waals surface area contributed by atoms with Gasteiger partial charge in [0.25, 0.3) is 0 Å². The molecular formula is C17H26N2O4S. The molecule has 1 aromatic rings. The van der Waals surface area contributed by atoms with E-state index in [1.807, 2.05) is 20.8 Å². The van der Waals surface area contributed by atoms with Gasteiger partial charge in [-0.05, 0) is 33.3 Å². The summed E-state index contributed by atoms with van der Waals surface area (Å²) in [7, 11) is 0. The lowest BCUT2D eigenvalue weighted by Crippen LogP contribution is -2.48. The van der Waals surface area contributed by atoms with Gasteiger partial charge in [-0.15, -0.1) is 11.3 Å². The van der Waals surface area contributed by atoms with Crippen LogP contribution in [0.3, 0.4) is 0 Å². The molecule has 2 atom stereocenters. The summed E-state index contributed by atoms with van der Waals surface area (Å²) in [5.41, 5.74) is 0.441. The number of nitrogens with one attached hydrogen (secondary N) is 1. The maximum absolute atomic E-state index is 12.4. The van der Waals surface area contributed by atoms with Crippen LogP contribution in [0.1, 0.15) is 42.9 Å². The van der Waals surface area contributed by atoms with E-state index < -0.39 is 5.97 Å². The lowest BCUT2D eigenvalue weighted by molar-refractivity contribution is -0.121. The van der Waals surface area contributed by atoms with E-state index in [2.05, 4.69) is 10.2 Å². The summed E-state index contributed by atoms with van der Waals surface area (Å²) >= 11 is 1.43. The molecule has 2 heterocycles. The molecule has 2 rings (SSSR count). The summed E-state index contributed by atoms with van der Waals surface area (Å²) in [6.07, 6.45) is 1.04. The molecule has 24 heavy (non-hydrogen) atoms. The molecule has 0 aliphatic carbocycles. The third-order valence-corrected chi connectivity index (χ3v) is 4.94. The highest BCUT2D eigenvalue weighted by Gasteiger charge is 2.25. The van der Waals surface area contributed by atoms with Crippen molar-refractivity contribution >= 4 is 28.2 Å². The van der Waals surface area contributed by atoms with E-state index in [4.69, 9.17) is 9.47 Å². The number of amides is 1. The first kappa shape index (κ1) is 18.9. The van der Waals surface area contributed by atoms with Crippen LogP contribution >= 0.6 is 11.3 Å². The molecule has 134 valence electrons. The molecule has 0 saturated carbocycles. The van der Waals surface area contributed by atoms with Gasteiger partial charge in [-0.3, -0.25) is 9.69 Å². The highest BCUT2D eigenvalue weighted by atomic mass is 32.1. The van der Waals surface area contributed by atoms with Gasteiger partial charge in [0.05, 0.1) is 30.9 Å². The van der Waals surface area contributed by atoms with Gasteiger partial charge >= 0.3 is 5.97 Å². The number of aryl methyl sites for hydroxylation is 1. The first-order valence-electron chi connectivity index (χ1n) is 8.40. The number of morpholine rings is 1. The minimum Gasteiger partial charge on any atom is -0.462 e. The number of anilines is 1. The first-order chi connectivity index (χ1) is 11.4. The van der Waals surface area contributed by atoms with Gasteiger partial charge in [-0.1, -0.05) is 6.92 Å². The number of rotatable bonds is 6. The number of nitrogens with zero attached hydrogens (tertiary/aromatic N) is 1. The van der Waals surface area contributed by atoms with Crippen molar-refractivity contribution in [3.8, 4) is 0 Å². The van der Waals surface area contributed by atoms with E-state index >= 15 is 0 Å². The molecule has 6 nitrogen and oxygen atoms in total. The van der Waals surface area contributed by atoms with Gasteiger partial charge < -0.3 is 14.8 Å². The standard InChI is InChI=1S/C17H26N2O4S/c1-5-13-7-14(17(21)22-6-2)16(24-13)18-15(20)10-19-8-11(3)23-12(4)9-19/h7,11-12H,5-6,8-10H2,1-4H3,(H,18,20). The molecule has 1 aliphatic heterocycles. The summed E-state index contributed by atoms with van der Waals surface area (Å²) in [4.78, 5) is 27.6. The van der Waals surface area contributed by atoms with Crippen molar-refractivity contribution in [3.05, 3.63) is 16.5 Å². The van der Waals surface area contributed by atoms with Crippen LogP contribution in [-0.2, 0) is 20.7 Å². The predicted molar refractivity (Wildman–Crippen MR) is 94.7 cm³/mol. The Balaban J connectivity index is 2.02. The first-order valence-corrected chi connectivity index (χ1v) is 9.22. The molecule has 1 saturated heterocycles. The molecule has 1 N–H and O–H groups in total. The molecule has 0 radical (unpaired) electrons. The Labute approximate surface area is 147 Å². The number of carbonyl (C=O) groups excluding carboxylic acids is 2. The number of esters is 1. The monoisotopic (exact) mass is 354 g/mol. The zero-order valence-electron chi connectivity index (χ0n) is 14.8. The molecule has 2 unspecified atom stereocenters. The highest BCUT2D eigenvalue weighted by molar-refractivity contribution is 7.16. The van der Waals surface area contributed by atoms with Crippen molar-refractivity contribution < 1.29 is 19.1 Å². The fourth-order valence-electron chi connectivity index (χ4n) is 2.85. The van der Waals surface area contributed by atoms with Crippen molar-refractivity contribution in [2.24, 2.45) is 0 Å². The van der Waals surface area contributed by atoms with Crippen LogP contribution in [0.2, 0.25) is 0 Å². The summed E-state index contributed by atoms with van der Waals surface area (Å²) in [5, 5.41) is 3.45. The molecule has 7 heteroatoms. The fraction of sp³-hybridized carbons (Fsp3) is 0.647. The lowest BCUT2D eigenvalue weighted by Gasteiger charge is -2.34. The molecule has 0 aromatic carbocycles. The lowest BCUT2D eigenvalue weighted by atomic mass is 10.2. The van der Waals surface area contributed by atoms with Gasteiger partial charge in [0, 0.05) is 18.0 Å². The Morgan fingerprint density at radius 2 is 2.00 bits per heavy atom. The van der Waals surface area contributed by atoms with Gasteiger partial charge in [-0.2, -0.15) is 0 Å². The quantitative estimate of drug-likeness (QED) is 0.795. The van der Waals surface area contributed by atoms with E-state index in [0.717, 1.165) is 24.4 Å². The van der Waals surface area contributed by atoms with E-state index in [0.29, 0.717) is 23.7 Å². The van der Waals surface area contributed by atoms with Crippen molar-refractivity contribution in [2.45, 2.75) is 46.3 Å². The summed E-state index contributed by atoms with van der Waals surface area (Å²) in [6.45, 7) is 9.86. The number of carbonyl (C=O) groups is 2. The topological polar surface area (TPSA) is 67.9 Å². The van der Waals surface area contributed by atoms with Gasteiger partial charge in [0.1, 0.15) is 5.00 Å². The maximum Gasteiger partial charge on any atom is 0.341 e. The second-order valence-corrected chi connectivity index (χ2v) is 7.17. The van der Waals surface area contributed by atoms with Crippen LogP contribution in [0.5, 0.6) is 0 Å². The minimum atomic E-state index is -0.391. The summed E-state index contributed by atoms with van der Waals surface area (Å²) < 4.78 is 10.8. The number of thiophene rings is 1. The smallest absolute Gasteiger partial charge is 0.341 e. The Morgan fingerprint density at radius 3 is 2.58 bits per heavy atom. The Bertz CT molecular complexity index is 577. The third-order valence-electron chi connectivity index (χ3n) is 3.74. The Morgan fingerprint density at radius 1 is 1.33 bits per heavy atom. The largest absolute Gasteiger partial charge is 0.462 e. The van der Waals surface area contributed by atoms with Crippen molar-refractivity contribution in [1.29, 1.82) is 0 Å². The molecule has 0 bridgehead atoms. The fourth-order valence-corrected chi connectivity index (χ4v) is 3.85. The van der Waals surface area contributed by atoms with Crippen LogP contribution in [-0.4, -0.2) is 55.2 Å². The van der Waals surface area contributed by atoms with Crippen molar-refractivity contribution in [1.82, 2.24) is 4.90 Å². The average Bonchev–Trinajstić information content (AvgIpc) is 2.89. The molecule has 1 aromatic heterocycles. The van der Waals surface area contributed by atoms with Gasteiger partial charge in [0.15, 0.2) is 0 Å². The normalized spacial score (nSPS) is 21.5. The highest BCUT2D eigenvalue weighted by Crippen LogP contribution is 2.29. The van der Waals surface area contributed by atoms with Crippen LogP contribution in [0.15, 0.2) is 6.07 Å². The van der Waals surface area contributed by atoms with E-state index in [-0.39, 0.29) is 18.1 Å². The molecular weight excluding hydrogens is 328 g/mol. The average molecular weight is 354 g/mol. The molecule has 1 aliphatic rings. The third kappa shape index (κ3) is 5.03. The van der Waals surface area contributed by atoms with Crippen LogP contribution in [0.25, 0.3) is 0 Å². The maximum atomic E-state index is 12.4. The molecule has 1 fully saturated rings. The molecule has 1 amide bonds. The second-order valence-electron chi connectivity index (χ2n) is 6.03. The van der Waals surface area contributed by atoms with Crippen molar-refractivity contribution in [3.63, 3.8) is 0 Å². The van der Waals surface area contributed by atoms with Crippen molar-refractivity contribution in [2.75, 3.05) is 31.6 Å². The minimum absolute atomic E-state index is 0.116. The van der Waals surface area contributed by atoms with Crippen LogP contribution in [0.4, 0.5) is 5.00 Å². The van der Waals surface area contributed by atoms with E-state index in [1.165, 1.54) is 11.3 Å². The Kier molecular flexibility index (Phi) is 6.77. The van der Waals surface area contributed by atoms with Gasteiger partial charge in [0.2, 0.25) is 5.91 Å². The van der Waals surface area contributed by atoms with Crippen LogP contribution < -0.4 is 5.32 Å². The van der Waals surface area contributed by atoms with E-state index in [9.17, 15) is 9.59 Å².